The lowest BCUT2D eigenvalue weighted by Gasteiger charge is -2.01. The molecule has 0 saturated carbocycles. The first-order chi connectivity index (χ1) is 9.19. The van der Waals surface area contributed by atoms with Gasteiger partial charge in [-0.3, -0.25) is 0 Å². The van der Waals surface area contributed by atoms with Gasteiger partial charge in [-0.05, 0) is 24.3 Å². The van der Waals surface area contributed by atoms with Crippen molar-refractivity contribution in [1.29, 1.82) is 0 Å². The lowest BCUT2D eigenvalue weighted by Crippen LogP contribution is -1.97. The third kappa shape index (κ3) is 1.87. The number of fused-ring (bicyclic) bond motifs is 1. The molecule has 0 atom stereocenters. The maximum atomic E-state index is 5.60. The monoisotopic (exact) mass is 255 g/mol. The lowest BCUT2D eigenvalue weighted by molar-refractivity contribution is 0.415. The number of nitrogens with two attached hydrogens (primary N) is 1. The predicted octanol–water partition coefficient (Wildman–Crippen LogP) is 1.62. The van der Waals surface area contributed by atoms with Gasteiger partial charge >= 0.3 is 0 Å². The summed E-state index contributed by atoms with van der Waals surface area (Å²) < 4.78 is 6.85. The summed E-state index contributed by atoms with van der Waals surface area (Å²) in [6.07, 6.45) is 1.70. The topological polar surface area (TPSA) is 78.8 Å². The number of ether oxygens (including phenoxy) is 1. The molecule has 0 spiro atoms. The van der Waals surface area contributed by atoms with Gasteiger partial charge in [0.2, 0.25) is 5.95 Å². The average molecular weight is 255 g/mol. The molecule has 0 amide bonds. The number of benzene rings is 1. The Morgan fingerprint density at radius 2 is 1.95 bits per heavy atom. The van der Waals surface area contributed by atoms with Crippen molar-refractivity contribution in [2.75, 3.05) is 12.8 Å². The molecule has 0 fully saturated rings. The summed E-state index contributed by atoms with van der Waals surface area (Å²) in [4.78, 5) is 8.23. The van der Waals surface area contributed by atoms with Crippen molar-refractivity contribution in [2.24, 2.45) is 7.05 Å². The second-order valence-electron chi connectivity index (χ2n) is 4.17. The van der Waals surface area contributed by atoms with Crippen LogP contribution < -0.4 is 10.5 Å². The largest absolute Gasteiger partial charge is 0.497 e. The highest BCUT2D eigenvalue weighted by Gasteiger charge is 2.12. The molecule has 0 bridgehead atoms. The fourth-order valence-corrected chi connectivity index (χ4v) is 2.01. The molecule has 0 saturated heterocycles. The SMILES string of the molecule is COc1ccc(-c2nn(C)c3nc(N)ncc23)cc1. The highest BCUT2D eigenvalue weighted by atomic mass is 16.5. The van der Waals surface area contributed by atoms with E-state index in [2.05, 4.69) is 15.1 Å². The summed E-state index contributed by atoms with van der Waals surface area (Å²) >= 11 is 0. The zero-order valence-electron chi connectivity index (χ0n) is 10.7. The Bertz CT molecular complexity index is 733. The first-order valence-electron chi connectivity index (χ1n) is 5.78. The molecule has 96 valence electrons. The van der Waals surface area contributed by atoms with E-state index in [0.29, 0.717) is 0 Å². The summed E-state index contributed by atoms with van der Waals surface area (Å²) in [7, 11) is 3.48. The molecule has 0 aliphatic rings. The number of aryl methyl sites for hydroxylation is 1. The van der Waals surface area contributed by atoms with Crippen molar-refractivity contribution in [3.63, 3.8) is 0 Å². The molecular formula is C13H13N5O. The Morgan fingerprint density at radius 3 is 2.63 bits per heavy atom. The Morgan fingerprint density at radius 1 is 1.21 bits per heavy atom. The van der Waals surface area contributed by atoms with Crippen LogP contribution in [0.4, 0.5) is 5.95 Å². The standard InChI is InChI=1S/C13H13N5O/c1-18-12-10(7-15-13(14)16-12)11(17-18)8-3-5-9(19-2)6-4-8/h3-7H,1-2H3,(H2,14,15,16). The van der Waals surface area contributed by atoms with E-state index in [1.807, 2.05) is 31.3 Å². The highest BCUT2D eigenvalue weighted by molar-refractivity contribution is 5.91. The van der Waals surface area contributed by atoms with Crippen molar-refractivity contribution < 1.29 is 4.74 Å². The molecule has 6 heteroatoms. The Balaban J connectivity index is 2.19. The van der Waals surface area contributed by atoms with Crippen LogP contribution in [-0.4, -0.2) is 26.9 Å². The first-order valence-corrected chi connectivity index (χ1v) is 5.78. The summed E-state index contributed by atoms with van der Waals surface area (Å²) in [5.41, 5.74) is 8.14. The van der Waals surface area contributed by atoms with Crippen molar-refractivity contribution >= 4 is 17.0 Å². The average Bonchev–Trinajstić information content (AvgIpc) is 2.76. The molecule has 0 aliphatic carbocycles. The van der Waals surface area contributed by atoms with E-state index in [9.17, 15) is 0 Å². The third-order valence-corrected chi connectivity index (χ3v) is 2.96. The summed E-state index contributed by atoms with van der Waals surface area (Å²) in [6, 6.07) is 7.70. The molecule has 0 radical (unpaired) electrons. The number of nitrogen functional groups attached to an aromatic ring is 1. The first kappa shape index (κ1) is 11.5. The van der Waals surface area contributed by atoms with Gasteiger partial charge in [-0.25, -0.2) is 9.67 Å². The second-order valence-corrected chi connectivity index (χ2v) is 4.17. The predicted molar refractivity (Wildman–Crippen MR) is 72.7 cm³/mol. The van der Waals surface area contributed by atoms with Crippen LogP contribution in [0.3, 0.4) is 0 Å². The number of anilines is 1. The molecule has 2 heterocycles. The number of methoxy groups -OCH3 is 1. The molecule has 3 rings (SSSR count). The number of hydrogen-bond donors (Lipinski definition) is 1. The van der Waals surface area contributed by atoms with Gasteiger partial charge in [-0.15, -0.1) is 0 Å². The molecule has 0 unspecified atom stereocenters. The van der Waals surface area contributed by atoms with Gasteiger partial charge in [0.25, 0.3) is 0 Å². The van der Waals surface area contributed by atoms with Gasteiger partial charge in [-0.2, -0.15) is 10.1 Å². The second kappa shape index (κ2) is 4.24. The summed E-state index contributed by atoms with van der Waals surface area (Å²) in [6.45, 7) is 0. The van der Waals surface area contributed by atoms with Gasteiger partial charge in [0.15, 0.2) is 5.65 Å². The fourth-order valence-electron chi connectivity index (χ4n) is 2.01. The van der Waals surface area contributed by atoms with E-state index in [-0.39, 0.29) is 5.95 Å². The number of nitrogens with zero attached hydrogens (tertiary/aromatic N) is 4. The van der Waals surface area contributed by atoms with Gasteiger partial charge in [0.05, 0.1) is 12.5 Å². The Hall–Kier alpha value is -2.63. The van der Waals surface area contributed by atoms with Gasteiger partial charge in [0, 0.05) is 18.8 Å². The fraction of sp³-hybridized carbons (Fsp3) is 0.154. The van der Waals surface area contributed by atoms with Crippen LogP contribution in [-0.2, 0) is 7.05 Å². The van der Waals surface area contributed by atoms with Crippen LogP contribution in [0.25, 0.3) is 22.3 Å². The van der Waals surface area contributed by atoms with Crippen molar-refractivity contribution in [3.8, 4) is 17.0 Å². The molecule has 2 aromatic heterocycles. The van der Waals surface area contributed by atoms with Gasteiger partial charge < -0.3 is 10.5 Å². The molecule has 19 heavy (non-hydrogen) atoms. The van der Waals surface area contributed by atoms with Crippen LogP contribution in [0, 0.1) is 0 Å². The van der Waals surface area contributed by atoms with Crippen LogP contribution in [0.5, 0.6) is 5.75 Å². The van der Waals surface area contributed by atoms with E-state index < -0.39 is 0 Å². The summed E-state index contributed by atoms with van der Waals surface area (Å²) in [5.74, 6) is 1.06. The van der Waals surface area contributed by atoms with Crippen molar-refractivity contribution in [3.05, 3.63) is 30.5 Å². The molecular weight excluding hydrogens is 242 g/mol. The van der Waals surface area contributed by atoms with Crippen molar-refractivity contribution in [1.82, 2.24) is 19.7 Å². The van der Waals surface area contributed by atoms with Crippen LogP contribution in [0.15, 0.2) is 30.5 Å². The lowest BCUT2D eigenvalue weighted by atomic mass is 10.1. The smallest absolute Gasteiger partial charge is 0.222 e. The Labute approximate surface area is 109 Å². The third-order valence-electron chi connectivity index (χ3n) is 2.96. The van der Waals surface area contributed by atoms with E-state index in [0.717, 1.165) is 28.0 Å². The number of aromatic nitrogens is 4. The zero-order valence-corrected chi connectivity index (χ0v) is 10.7. The maximum absolute atomic E-state index is 5.60. The quantitative estimate of drug-likeness (QED) is 0.752. The van der Waals surface area contributed by atoms with Gasteiger partial charge in [-0.1, -0.05) is 0 Å². The van der Waals surface area contributed by atoms with Crippen LogP contribution in [0.2, 0.25) is 0 Å². The minimum atomic E-state index is 0.247. The van der Waals surface area contributed by atoms with Crippen molar-refractivity contribution in [2.45, 2.75) is 0 Å². The minimum Gasteiger partial charge on any atom is -0.497 e. The van der Waals surface area contributed by atoms with E-state index in [1.54, 1.807) is 18.0 Å². The van der Waals surface area contributed by atoms with E-state index >= 15 is 0 Å². The Kier molecular flexibility index (Phi) is 2.56. The molecule has 1 aromatic carbocycles. The molecule has 2 N–H and O–H groups in total. The normalized spacial score (nSPS) is 10.8. The van der Waals surface area contributed by atoms with Gasteiger partial charge in [0.1, 0.15) is 11.4 Å². The molecule has 3 aromatic rings. The van der Waals surface area contributed by atoms with Crippen LogP contribution in [0.1, 0.15) is 0 Å². The van der Waals surface area contributed by atoms with Crippen LogP contribution >= 0.6 is 0 Å². The molecule has 6 nitrogen and oxygen atoms in total. The maximum Gasteiger partial charge on any atom is 0.222 e. The minimum absolute atomic E-state index is 0.247. The highest BCUT2D eigenvalue weighted by Crippen LogP contribution is 2.27. The number of hydrogen-bond acceptors (Lipinski definition) is 5. The number of rotatable bonds is 2. The van der Waals surface area contributed by atoms with E-state index in [4.69, 9.17) is 10.5 Å². The zero-order chi connectivity index (χ0) is 13.4. The van der Waals surface area contributed by atoms with E-state index in [1.165, 1.54) is 0 Å². The molecule has 0 aliphatic heterocycles. The summed E-state index contributed by atoms with van der Waals surface area (Å²) in [5, 5.41) is 5.35.